The molecule has 0 saturated heterocycles. The number of nitrogens with zero attached hydrogens (tertiary/aromatic N) is 3. The van der Waals surface area contributed by atoms with Crippen LogP contribution in [0.3, 0.4) is 0 Å². The third-order valence-corrected chi connectivity index (χ3v) is 6.80. The lowest BCUT2D eigenvalue weighted by molar-refractivity contribution is 0.0772. The maximum absolute atomic E-state index is 13.5. The van der Waals surface area contributed by atoms with Crippen molar-refractivity contribution in [1.29, 1.82) is 0 Å². The summed E-state index contributed by atoms with van der Waals surface area (Å²) in [6.45, 7) is 3.80. The van der Waals surface area contributed by atoms with Crippen molar-refractivity contribution in [1.82, 2.24) is 14.0 Å². The summed E-state index contributed by atoms with van der Waals surface area (Å²) in [5, 5.41) is 0. The molecule has 2 heterocycles. The molecular formula is C30H31N3O2. The Labute approximate surface area is 205 Å². The number of hydrogen-bond acceptors (Lipinski definition) is 2. The van der Waals surface area contributed by atoms with Crippen molar-refractivity contribution in [3.8, 4) is 0 Å². The van der Waals surface area contributed by atoms with Gasteiger partial charge >= 0.3 is 5.69 Å². The van der Waals surface area contributed by atoms with Crippen LogP contribution in [0.4, 0.5) is 0 Å². The summed E-state index contributed by atoms with van der Waals surface area (Å²) < 4.78 is 3.66. The number of aromatic nitrogens is 2. The van der Waals surface area contributed by atoms with E-state index in [1.165, 1.54) is 5.56 Å². The van der Waals surface area contributed by atoms with Gasteiger partial charge in [0.1, 0.15) is 0 Å². The Kier molecular flexibility index (Phi) is 6.66. The van der Waals surface area contributed by atoms with Crippen LogP contribution in [0, 0.1) is 0 Å². The Hall–Kier alpha value is -3.86. The second-order valence-electron chi connectivity index (χ2n) is 9.18. The van der Waals surface area contributed by atoms with E-state index in [9.17, 15) is 9.59 Å². The second-order valence-corrected chi connectivity index (χ2v) is 9.18. The lowest BCUT2D eigenvalue weighted by Gasteiger charge is -2.27. The van der Waals surface area contributed by atoms with Crippen LogP contribution in [0.1, 0.15) is 47.7 Å². The van der Waals surface area contributed by atoms with Crippen LogP contribution in [0.15, 0.2) is 89.7 Å². The highest BCUT2D eigenvalue weighted by Gasteiger charge is 2.22. The van der Waals surface area contributed by atoms with Gasteiger partial charge < -0.3 is 4.90 Å². The molecule has 1 aromatic heterocycles. The van der Waals surface area contributed by atoms with Gasteiger partial charge in [0.25, 0.3) is 5.91 Å². The highest BCUT2D eigenvalue weighted by Crippen LogP contribution is 2.23. The SMILES string of the molecule is CCCCc1ccc(C(=O)N2CC=C(n3c(=O)n(Cc4ccccc4)c4ccccc43)CC2)cc1. The van der Waals surface area contributed by atoms with Gasteiger partial charge in [-0.15, -0.1) is 0 Å². The van der Waals surface area contributed by atoms with Crippen LogP contribution in [0.2, 0.25) is 0 Å². The number of aryl methyl sites for hydroxylation is 1. The van der Waals surface area contributed by atoms with E-state index < -0.39 is 0 Å². The van der Waals surface area contributed by atoms with Gasteiger partial charge in [0.05, 0.1) is 17.6 Å². The maximum atomic E-state index is 13.5. The second kappa shape index (κ2) is 10.2. The van der Waals surface area contributed by atoms with E-state index in [0.29, 0.717) is 26.1 Å². The molecule has 0 N–H and O–H groups in total. The predicted octanol–water partition coefficient (Wildman–Crippen LogP) is 5.58. The van der Waals surface area contributed by atoms with Gasteiger partial charge in [-0.05, 0) is 54.3 Å². The summed E-state index contributed by atoms with van der Waals surface area (Å²) in [4.78, 5) is 28.5. The molecule has 5 rings (SSSR count). The molecule has 1 aliphatic rings. The van der Waals surface area contributed by atoms with Crippen molar-refractivity contribution >= 4 is 22.6 Å². The quantitative estimate of drug-likeness (QED) is 0.358. The fraction of sp³-hybridized carbons (Fsp3) is 0.267. The van der Waals surface area contributed by atoms with Crippen molar-refractivity contribution < 1.29 is 4.79 Å². The molecule has 3 aromatic carbocycles. The standard InChI is InChI=1S/C30H31N3O2/c1-2-3-9-23-14-16-25(17-15-23)29(34)31-20-18-26(19-21-31)33-28-13-8-7-12-27(28)32(30(33)35)22-24-10-5-4-6-11-24/h4-8,10-18H,2-3,9,19-22H2,1H3. The number of imidazole rings is 1. The molecule has 5 heteroatoms. The summed E-state index contributed by atoms with van der Waals surface area (Å²) in [6.07, 6.45) is 6.04. The molecule has 0 spiro atoms. The van der Waals surface area contributed by atoms with E-state index in [0.717, 1.165) is 47.1 Å². The molecule has 178 valence electrons. The average Bonchev–Trinajstić information content (AvgIpc) is 3.19. The van der Waals surface area contributed by atoms with Crippen LogP contribution in [-0.4, -0.2) is 33.0 Å². The number of carbonyl (C=O) groups excluding carboxylic acids is 1. The number of rotatable bonds is 7. The molecule has 1 aliphatic heterocycles. The molecule has 0 fully saturated rings. The lowest BCUT2D eigenvalue weighted by Crippen LogP contribution is -2.36. The smallest absolute Gasteiger partial charge is 0.333 e. The maximum Gasteiger partial charge on any atom is 0.333 e. The van der Waals surface area contributed by atoms with Crippen LogP contribution >= 0.6 is 0 Å². The van der Waals surface area contributed by atoms with Crippen molar-refractivity contribution in [3.63, 3.8) is 0 Å². The molecule has 4 aromatic rings. The van der Waals surface area contributed by atoms with E-state index in [1.807, 2.05) is 86.8 Å². The highest BCUT2D eigenvalue weighted by molar-refractivity contribution is 5.94. The number of amides is 1. The number of benzene rings is 3. The topological polar surface area (TPSA) is 47.2 Å². The van der Waals surface area contributed by atoms with E-state index in [2.05, 4.69) is 19.1 Å². The largest absolute Gasteiger partial charge is 0.334 e. The minimum Gasteiger partial charge on any atom is -0.334 e. The van der Waals surface area contributed by atoms with E-state index in [1.54, 1.807) is 0 Å². The van der Waals surface area contributed by atoms with Gasteiger partial charge in [-0.25, -0.2) is 4.79 Å². The molecule has 5 nitrogen and oxygen atoms in total. The lowest BCUT2D eigenvalue weighted by atomic mass is 10.1. The Morgan fingerprint density at radius 1 is 0.857 bits per heavy atom. The summed E-state index contributed by atoms with van der Waals surface area (Å²) in [5.74, 6) is 0.0428. The first-order valence-corrected chi connectivity index (χ1v) is 12.5. The minimum atomic E-state index is -0.0382. The van der Waals surface area contributed by atoms with Crippen LogP contribution in [0.25, 0.3) is 16.7 Å². The van der Waals surface area contributed by atoms with Crippen LogP contribution in [-0.2, 0) is 13.0 Å². The van der Waals surface area contributed by atoms with Gasteiger partial charge in [-0.1, -0.05) is 67.9 Å². The van der Waals surface area contributed by atoms with Gasteiger partial charge in [-0.3, -0.25) is 13.9 Å². The molecule has 0 unspecified atom stereocenters. The first-order valence-electron chi connectivity index (χ1n) is 12.5. The van der Waals surface area contributed by atoms with Gasteiger partial charge in [0, 0.05) is 30.8 Å². The zero-order valence-electron chi connectivity index (χ0n) is 20.2. The minimum absolute atomic E-state index is 0.0382. The molecule has 0 saturated carbocycles. The summed E-state index contributed by atoms with van der Waals surface area (Å²) >= 11 is 0. The Balaban J connectivity index is 1.38. The first kappa shape index (κ1) is 22.9. The van der Waals surface area contributed by atoms with Gasteiger partial charge in [0.2, 0.25) is 0 Å². The van der Waals surface area contributed by atoms with E-state index >= 15 is 0 Å². The van der Waals surface area contributed by atoms with Crippen LogP contribution in [0.5, 0.6) is 0 Å². The zero-order valence-corrected chi connectivity index (χ0v) is 20.2. The monoisotopic (exact) mass is 465 g/mol. The summed E-state index contributed by atoms with van der Waals surface area (Å²) in [6, 6.07) is 26.0. The van der Waals surface area contributed by atoms with Crippen molar-refractivity contribution in [2.75, 3.05) is 13.1 Å². The Morgan fingerprint density at radius 2 is 1.57 bits per heavy atom. The average molecular weight is 466 g/mol. The van der Waals surface area contributed by atoms with E-state index in [-0.39, 0.29) is 11.6 Å². The summed E-state index contributed by atoms with van der Waals surface area (Å²) in [7, 11) is 0. The van der Waals surface area contributed by atoms with Gasteiger partial charge in [-0.2, -0.15) is 0 Å². The van der Waals surface area contributed by atoms with Crippen molar-refractivity contribution in [2.24, 2.45) is 0 Å². The molecular weight excluding hydrogens is 434 g/mol. The highest BCUT2D eigenvalue weighted by atomic mass is 16.2. The molecule has 0 atom stereocenters. The van der Waals surface area contributed by atoms with Crippen LogP contribution < -0.4 is 5.69 Å². The molecule has 0 radical (unpaired) electrons. The number of carbonyl (C=O) groups is 1. The number of unbranched alkanes of at least 4 members (excludes halogenated alkanes) is 1. The fourth-order valence-corrected chi connectivity index (χ4v) is 4.83. The Bertz CT molecular complexity index is 1410. The van der Waals surface area contributed by atoms with Crippen molar-refractivity contribution in [2.45, 2.75) is 39.2 Å². The third-order valence-electron chi connectivity index (χ3n) is 6.80. The fourth-order valence-electron chi connectivity index (χ4n) is 4.83. The number of para-hydroxylation sites is 2. The normalized spacial score (nSPS) is 13.7. The van der Waals surface area contributed by atoms with E-state index in [4.69, 9.17) is 0 Å². The first-order chi connectivity index (χ1) is 17.2. The molecule has 0 aliphatic carbocycles. The third kappa shape index (κ3) is 4.72. The van der Waals surface area contributed by atoms with Crippen molar-refractivity contribution in [3.05, 3.63) is 112 Å². The summed E-state index contributed by atoms with van der Waals surface area (Å²) in [5.41, 5.74) is 5.83. The molecule has 1 amide bonds. The Morgan fingerprint density at radius 3 is 2.26 bits per heavy atom. The number of fused-ring (bicyclic) bond motifs is 1. The molecule has 35 heavy (non-hydrogen) atoms. The van der Waals surface area contributed by atoms with Gasteiger partial charge in [0.15, 0.2) is 0 Å². The molecule has 0 bridgehead atoms. The zero-order chi connectivity index (χ0) is 24.2. The number of hydrogen-bond donors (Lipinski definition) is 0. The predicted molar refractivity (Wildman–Crippen MR) is 142 cm³/mol.